The van der Waals surface area contributed by atoms with Crippen LogP contribution in [0.5, 0.6) is 0 Å². The van der Waals surface area contributed by atoms with E-state index in [-0.39, 0.29) is 11.6 Å². The summed E-state index contributed by atoms with van der Waals surface area (Å²) < 4.78 is 20.2. The molecule has 4 aromatic rings. The molecule has 34 heavy (non-hydrogen) atoms. The van der Waals surface area contributed by atoms with E-state index in [1.807, 2.05) is 0 Å². The van der Waals surface area contributed by atoms with E-state index >= 15 is 0 Å². The van der Waals surface area contributed by atoms with Gasteiger partial charge in [-0.05, 0) is 62.7 Å². The lowest BCUT2D eigenvalue weighted by Gasteiger charge is -2.13. The summed E-state index contributed by atoms with van der Waals surface area (Å²) in [5, 5.41) is 8.56. The summed E-state index contributed by atoms with van der Waals surface area (Å²) in [5.41, 5.74) is 3.24. The van der Waals surface area contributed by atoms with Crippen molar-refractivity contribution in [2.24, 2.45) is 0 Å². The molecule has 3 heterocycles. The van der Waals surface area contributed by atoms with Crippen molar-refractivity contribution in [1.29, 1.82) is 0 Å². The minimum absolute atomic E-state index is 0.195. The summed E-state index contributed by atoms with van der Waals surface area (Å²) in [5.74, 6) is -0.515. The van der Waals surface area contributed by atoms with Gasteiger partial charge in [0.15, 0.2) is 16.8 Å². The van der Waals surface area contributed by atoms with Crippen molar-refractivity contribution in [3.8, 4) is 17.1 Å². The molecule has 4 rings (SSSR count). The Bertz CT molecular complexity index is 1350. The van der Waals surface area contributed by atoms with Crippen LogP contribution in [-0.2, 0) is 4.74 Å². The summed E-state index contributed by atoms with van der Waals surface area (Å²) in [7, 11) is 1.30. The van der Waals surface area contributed by atoms with Gasteiger partial charge in [-0.1, -0.05) is 11.8 Å². The van der Waals surface area contributed by atoms with E-state index < -0.39 is 11.2 Å². The third kappa shape index (κ3) is 4.36. The van der Waals surface area contributed by atoms with Gasteiger partial charge in [0.1, 0.15) is 5.82 Å². The molecule has 0 aliphatic heterocycles. The van der Waals surface area contributed by atoms with Crippen LogP contribution in [0.1, 0.15) is 39.0 Å². The first-order chi connectivity index (χ1) is 16.3. The van der Waals surface area contributed by atoms with Crippen LogP contribution in [-0.4, -0.2) is 48.8 Å². The lowest BCUT2D eigenvalue weighted by molar-refractivity contribution is 0.0599. The number of ether oxygens (including phenoxy) is 1. The van der Waals surface area contributed by atoms with E-state index in [1.165, 1.54) is 31.0 Å². The molecular formula is C24H22FN5O3S. The van der Waals surface area contributed by atoms with E-state index in [0.717, 1.165) is 5.56 Å². The number of carbonyl (C=O) groups excluding carboxylic acids is 2. The Labute approximate surface area is 199 Å². The number of esters is 1. The lowest BCUT2D eigenvalue weighted by atomic mass is 10.1. The van der Waals surface area contributed by atoms with Gasteiger partial charge in [-0.3, -0.25) is 14.3 Å². The number of halogens is 1. The van der Waals surface area contributed by atoms with Gasteiger partial charge in [0, 0.05) is 29.3 Å². The largest absolute Gasteiger partial charge is 0.465 e. The number of hydrogen-bond acceptors (Lipinski definition) is 7. The van der Waals surface area contributed by atoms with Gasteiger partial charge in [0.2, 0.25) is 0 Å². The number of rotatable bonds is 7. The molecule has 3 aromatic heterocycles. The highest BCUT2D eigenvalue weighted by atomic mass is 32.2. The van der Waals surface area contributed by atoms with Crippen molar-refractivity contribution in [3.05, 3.63) is 77.1 Å². The number of thioether (sulfide) groups is 1. The molecule has 0 aliphatic carbocycles. The van der Waals surface area contributed by atoms with Crippen LogP contribution < -0.4 is 0 Å². The molecule has 0 fully saturated rings. The first kappa shape index (κ1) is 23.4. The van der Waals surface area contributed by atoms with Crippen LogP contribution in [0.15, 0.2) is 53.9 Å². The van der Waals surface area contributed by atoms with Crippen LogP contribution in [0.2, 0.25) is 0 Å². The number of nitrogens with zero attached hydrogens (tertiary/aromatic N) is 4. The molecule has 1 atom stereocenters. The molecule has 8 nitrogen and oxygen atoms in total. The van der Waals surface area contributed by atoms with Crippen LogP contribution in [0.4, 0.5) is 4.39 Å². The van der Waals surface area contributed by atoms with Gasteiger partial charge in [0.25, 0.3) is 0 Å². The number of methoxy groups -OCH3 is 1. The summed E-state index contributed by atoms with van der Waals surface area (Å²) in [4.78, 5) is 32.5. The molecule has 0 saturated carbocycles. The van der Waals surface area contributed by atoms with E-state index in [2.05, 4.69) is 20.2 Å². The Kier molecular flexibility index (Phi) is 6.60. The topological polar surface area (TPSA) is 103 Å². The van der Waals surface area contributed by atoms with E-state index in [4.69, 9.17) is 4.74 Å². The van der Waals surface area contributed by atoms with Crippen molar-refractivity contribution in [3.63, 3.8) is 0 Å². The number of ketones is 1. The number of Topliss-reactive ketones (excluding diaryl/α,β-unsaturated/α-hetero) is 1. The highest BCUT2D eigenvalue weighted by Crippen LogP contribution is 2.32. The highest BCUT2D eigenvalue weighted by Gasteiger charge is 2.28. The maximum absolute atomic E-state index is 13.6. The van der Waals surface area contributed by atoms with Gasteiger partial charge in [-0.15, -0.1) is 10.2 Å². The van der Waals surface area contributed by atoms with Gasteiger partial charge in [0.05, 0.1) is 23.6 Å². The number of pyridine rings is 1. The fourth-order valence-electron chi connectivity index (χ4n) is 3.68. The number of carbonyl (C=O) groups is 2. The number of H-pyrrole nitrogens is 1. The second-order valence-corrected chi connectivity index (χ2v) is 8.90. The molecule has 1 aromatic carbocycles. The van der Waals surface area contributed by atoms with Crippen molar-refractivity contribution in [2.75, 3.05) is 7.11 Å². The number of nitrogens with one attached hydrogen (secondary N) is 1. The fourth-order valence-corrected chi connectivity index (χ4v) is 4.60. The predicted molar refractivity (Wildman–Crippen MR) is 126 cm³/mol. The lowest BCUT2D eigenvalue weighted by Crippen LogP contribution is -2.16. The third-order valence-corrected chi connectivity index (χ3v) is 6.42. The van der Waals surface area contributed by atoms with Gasteiger partial charge >= 0.3 is 5.97 Å². The van der Waals surface area contributed by atoms with E-state index in [1.54, 1.807) is 62.0 Å². The van der Waals surface area contributed by atoms with Crippen LogP contribution in [0.25, 0.3) is 17.1 Å². The fraction of sp³-hybridized carbons (Fsp3) is 0.208. The van der Waals surface area contributed by atoms with Gasteiger partial charge in [-0.25, -0.2) is 9.18 Å². The Morgan fingerprint density at radius 3 is 2.41 bits per heavy atom. The maximum atomic E-state index is 13.6. The first-order valence-electron chi connectivity index (χ1n) is 10.4. The smallest absolute Gasteiger partial charge is 0.339 e. The van der Waals surface area contributed by atoms with Crippen molar-refractivity contribution < 1.29 is 18.7 Å². The summed E-state index contributed by atoms with van der Waals surface area (Å²) in [6, 6.07) is 9.56. The second-order valence-electron chi connectivity index (χ2n) is 7.59. The van der Waals surface area contributed by atoms with Crippen molar-refractivity contribution in [1.82, 2.24) is 24.7 Å². The first-order valence-corrected chi connectivity index (χ1v) is 11.3. The summed E-state index contributed by atoms with van der Waals surface area (Å²) >= 11 is 1.22. The standard InChI is InChI=1S/C24H22FN5O3S/c1-13-19(23(32)33-4)14(2)27-20(13)21(31)15(3)34-24-29-28-22(16-9-11-26-12-10-16)30(24)18-7-5-17(25)6-8-18/h5-12,15,27H,1-4H3. The predicted octanol–water partition coefficient (Wildman–Crippen LogP) is 4.56. The van der Waals surface area contributed by atoms with Crippen molar-refractivity contribution in [2.45, 2.75) is 31.2 Å². The molecule has 0 bridgehead atoms. The molecular weight excluding hydrogens is 457 g/mol. The summed E-state index contributed by atoms with van der Waals surface area (Å²) in [6.07, 6.45) is 3.29. The molecule has 0 spiro atoms. The Balaban J connectivity index is 1.70. The molecule has 0 saturated heterocycles. The van der Waals surface area contributed by atoms with Gasteiger partial charge in [-0.2, -0.15) is 0 Å². The van der Waals surface area contributed by atoms with E-state index in [9.17, 15) is 14.0 Å². The molecule has 0 aliphatic rings. The maximum Gasteiger partial charge on any atom is 0.339 e. The Hall–Kier alpha value is -3.79. The SMILES string of the molecule is COC(=O)c1c(C)[nH]c(C(=O)C(C)Sc2nnc(-c3ccncc3)n2-c2ccc(F)cc2)c1C. The zero-order chi connectivity index (χ0) is 24.4. The zero-order valence-electron chi connectivity index (χ0n) is 19.0. The number of benzene rings is 1. The minimum atomic E-state index is -0.559. The van der Waals surface area contributed by atoms with E-state index in [0.29, 0.717) is 39.2 Å². The Morgan fingerprint density at radius 2 is 1.76 bits per heavy atom. The average molecular weight is 480 g/mol. The molecule has 0 radical (unpaired) electrons. The molecule has 174 valence electrons. The quantitative estimate of drug-likeness (QED) is 0.235. The average Bonchev–Trinajstić information content (AvgIpc) is 3.39. The number of aromatic nitrogens is 5. The van der Waals surface area contributed by atoms with Crippen molar-refractivity contribution >= 4 is 23.5 Å². The van der Waals surface area contributed by atoms with Gasteiger partial charge < -0.3 is 9.72 Å². The van der Waals surface area contributed by atoms with Crippen LogP contribution in [0.3, 0.4) is 0 Å². The molecule has 1 N–H and O–H groups in total. The number of aryl methyl sites for hydroxylation is 1. The van der Waals surface area contributed by atoms with Crippen LogP contribution in [0, 0.1) is 19.7 Å². The normalized spacial score (nSPS) is 11.9. The number of aromatic amines is 1. The monoisotopic (exact) mass is 479 g/mol. The highest BCUT2D eigenvalue weighted by molar-refractivity contribution is 8.00. The molecule has 0 amide bonds. The molecule has 10 heteroatoms. The third-order valence-electron chi connectivity index (χ3n) is 5.38. The second kappa shape index (κ2) is 9.60. The Morgan fingerprint density at radius 1 is 1.09 bits per heavy atom. The number of hydrogen-bond donors (Lipinski definition) is 1. The molecule has 1 unspecified atom stereocenters. The van der Waals surface area contributed by atoms with Crippen LogP contribution >= 0.6 is 11.8 Å². The minimum Gasteiger partial charge on any atom is -0.465 e. The summed E-state index contributed by atoms with van der Waals surface area (Å²) in [6.45, 7) is 5.19. The zero-order valence-corrected chi connectivity index (χ0v) is 19.8.